The van der Waals surface area contributed by atoms with Gasteiger partial charge < -0.3 is 5.11 Å². The molecule has 0 spiro atoms. The first kappa shape index (κ1) is 24.4. The largest absolute Gasteiger partial charge is 0.396 e. The summed E-state index contributed by atoms with van der Waals surface area (Å²) in [6, 6.07) is 0. The second-order valence-corrected chi connectivity index (χ2v) is 8.28. The minimum absolute atomic E-state index is 0.373. The second kappa shape index (κ2) is 23.4. The monoisotopic (exact) mass is 404 g/mol. The molecule has 146 valence electrons. The highest BCUT2D eigenvalue weighted by molar-refractivity contribution is 9.09. The fourth-order valence-corrected chi connectivity index (χ4v) is 3.78. The highest BCUT2D eigenvalue weighted by Gasteiger charge is 1.95. The molecular weight excluding hydrogens is 360 g/mol. The molecule has 0 aromatic rings. The number of rotatable bonds is 21. The van der Waals surface area contributed by atoms with Crippen molar-refractivity contribution < 1.29 is 5.11 Å². The van der Waals surface area contributed by atoms with E-state index in [1.807, 2.05) is 0 Å². The number of unbranched alkanes of at least 4 members (excludes halogenated alkanes) is 19. The van der Waals surface area contributed by atoms with Gasteiger partial charge in [0.25, 0.3) is 0 Å². The van der Waals surface area contributed by atoms with Gasteiger partial charge in [0, 0.05) is 11.9 Å². The van der Waals surface area contributed by atoms with Crippen molar-refractivity contribution >= 4 is 15.9 Å². The van der Waals surface area contributed by atoms with E-state index >= 15 is 0 Å². The molecule has 0 bridgehead atoms. The Balaban J connectivity index is 2.93. The second-order valence-electron chi connectivity index (χ2n) is 7.48. The summed E-state index contributed by atoms with van der Waals surface area (Å²) in [5.74, 6) is 0. The zero-order chi connectivity index (χ0) is 17.6. The number of alkyl halides is 1. The van der Waals surface area contributed by atoms with Crippen LogP contribution >= 0.6 is 15.9 Å². The van der Waals surface area contributed by atoms with Crippen molar-refractivity contribution in [1.29, 1.82) is 0 Å². The molecular formula is C22H45BrO. The third-order valence-electron chi connectivity index (χ3n) is 5.04. The molecule has 0 heterocycles. The summed E-state index contributed by atoms with van der Waals surface area (Å²) in [6.07, 6.45) is 28.0. The van der Waals surface area contributed by atoms with Crippen molar-refractivity contribution in [2.45, 2.75) is 128 Å². The van der Waals surface area contributed by atoms with Crippen LogP contribution in [0.15, 0.2) is 0 Å². The van der Waals surface area contributed by atoms with E-state index in [2.05, 4.69) is 15.9 Å². The Bertz CT molecular complexity index is 186. The van der Waals surface area contributed by atoms with Crippen molar-refractivity contribution in [3.05, 3.63) is 0 Å². The quantitative estimate of drug-likeness (QED) is 0.151. The van der Waals surface area contributed by atoms with Crippen LogP contribution in [0.5, 0.6) is 0 Å². The Hall–Kier alpha value is 0.440. The van der Waals surface area contributed by atoms with Crippen LogP contribution in [-0.4, -0.2) is 17.0 Å². The molecule has 2 heteroatoms. The topological polar surface area (TPSA) is 20.2 Å². The fraction of sp³-hybridized carbons (Fsp3) is 1.00. The number of aliphatic hydroxyl groups is 1. The van der Waals surface area contributed by atoms with E-state index in [-0.39, 0.29) is 0 Å². The molecule has 0 aliphatic rings. The lowest BCUT2D eigenvalue weighted by Gasteiger charge is -2.04. The highest BCUT2D eigenvalue weighted by atomic mass is 79.9. The maximum atomic E-state index is 8.72. The summed E-state index contributed by atoms with van der Waals surface area (Å²) in [7, 11) is 0. The first-order valence-corrected chi connectivity index (χ1v) is 12.2. The molecule has 0 rings (SSSR count). The van der Waals surface area contributed by atoms with E-state index in [1.54, 1.807) is 0 Å². The molecule has 0 aliphatic heterocycles. The number of hydrogen-bond donors (Lipinski definition) is 1. The molecule has 0 atom stereocenters. The lowest BCUT2D eigenvalue weighted by atomic mass is 10.0. The molecule has 24 heavy (non-hydrogen) atoms. The zero-order valence-electron chi connectivity index (χ0n) is 16.4. The summed E-state index contributed by atoms with van der Waals surface area (Å²) >= 11 is 3.50. The van der Waals surface area contributed by atoms with Crippen LogP contribution in [0.2, 0.25) is 0 Å². The SMILES string of the molecule is OCCCCCCCCCCCCCCCCCCCCCCBr. The van der Waals surface area contributed by atoms with E-state index in [0.29, 0.717) is 6.61 Å². The summed E-state index contributed by atoms with van der Waals surface area (Å²) in [4.78, 5) is 0. The van der Waals surface area contributed by atoms with Gasteiger partial charge in [-0.15, -0.1) is 0 Å². The van der Waals surface area contributed by atoms with Crippen molar-refractivity contribution in [3.8, 4) is 0 Å². The van der Waals surface area contributed by atoms with Crippen molar-refractivity contribution in [3.63, 3.8) is 0 Å². The van der Waals surface area contributed by atoms with Gasteiger partial charge in [0.05, 0.1) is 0 Å². The summed E-state index contributed by atoms with van der Waals surface area (Å²) < 4.78 is 0. The zero-order valence-corrected chi connectivity index (χ0v) is 18.0. The standard InChI is InChI=1S/C22H45BrO/c23-21-19-17-15-13-11-9-7-5-3-1-2-4-6-8-10-12-14-16-18-20-22-24/h24H,1-22H2. The molecule has 1 N–H and O–H groups in total. The third-order valence-corrected chi connectivity index (χ3v) is 5.60. The Kier molecular flexibility index (Phi) is 23.9. The first-order chi connectivity index (χ1) is 11.9. The Morgan fingerprint density at radius 1 is 0.333 bits per heavy atom. The minimum atomic E-state index is 0.373. The van der Waals surface area contributed by atoms with E-state index in [4.69, 9.17) is 5.11 Å². The Morgan fingerprint density at radius 3 is 0.750 bits per heavy atom. The number of aliphatic hydroxyl groups excluding tert-OH is 1. The molecule has 0 fully saturated rings. The van der Waals surface area contributed by atoms with E-state index in [0.717, 1.165) is 6.42 Å². The summed E-state index contributed by atoms with van der Waals surface area (Å²) in [6.45, 7) is 0.373. The van der Waals surface area contributed by atoms with Crippen LogP contribution in [0.1, 0.15) is 128 Å². The van der Waals surface area contributed by atoms with Gasteiger partial charge in [0.15, 0.2) is 0 Å². The molecule has 0 saturated carbocycles. The Labute approximate surface area is 161 Å². The molecule has 0 unspecified atom stereocenters. The molecule has 0 aliphatic carbocycles. The van der Waals surface area contributed by atoms with Crippen LogP contribution in [0, 0.1) is 0 Å². The van der Waals surface area contributed by atoms with Crippen LogP contribution in [0.4, 0.5) is 0 Å². The van der Waals surface area contributed by atoms with Gasteiger partial charge in [0.2, 0.25) is 0 Å². The van der Waals surface area contributed by atoms with Gasteiger partial charge in [0.1, 0.15) is 0 Å². The predicted octanol–water partition coefficient (Wildman–Crippen LogP) is 8.18. The average Bonchev–Trinajstić information content (AvgIpc) is 2.60. The van der Waals surface area contributed by atoms with E-state index in [1.165, 1.54) is 127 Å². The lowest BCUT2D eigenvalue weighted by molar-refractivity contribution is 0.282. The van der Waals surface area contributed by atoms with Gasteiger partial charge in [-0.05, 0) is 12.8 Å². The van der Waals surface area contributed by atoms with Crippen LogP contribution < -0.4 is 0 Å². The van der Waals surface area contributed by atoms with Crippen molar-refractivity contribution in [1.82, 2.24) is 0 Å². The molecule has 0 aromatic carbocycles. The van der Waals surface area contributed by atoms with Gasteiger partial charge >= 0.3 is 0 Å². The number of hydrogen-bond acceptors (Lipinski definition) is 1. The maximum Gasteiger partial charge on any atom is 0.0431 e. The molecule has 1 nitrogen and oxygen atoms in total. The smallest absolute Gasteiger partial charge is 0.0431 e. The van der Waals surface area contributed by atoms with E-state index < -0.39 is 0 Å². The first-order valence-electron chi connectivity index (χ1n) is 11.1. The normalized spacial score (nSPS) is 11.2. The van der Waals surface area contributed by atoms with Crippen molar-refractivity contribution in [2.24, 2.45) is 0 Å². The summed E-state index contributed by atoms with van der Waals surface area (Å²) in [5, 5.41) is 9.90. The Morgan fingerprint density at radius 2 is 0.542 bits per heavy atom. The minimum Gasteiger partial charge on any atom is -0.396 e. The number of halogens is 1. The molecule has 0 saturated heterocycles. The molecule has 0 aromatic heterocycles. The molecule has 0 amide bonds. The van der Waals surface area contributed by atoms with Gasteiger partial charge in [-0.2, -0.15) is 0 Å². The molecule has 0 radical (unpaired) electrons. The van der Waals surface area contributed by atoms with Gasteiger partial charge in [-0.25, -0.2) is 0 Å². The average molecular weight is 406 g/mol. The summed E-state index contributed by atoms with van der Waals surface area (Å²) in [5.41, 5.74) is 0. The van der Waals surface area contributed by atoms with Crippen LogP contribution in [-0.2, 0) is 0 Å². The fourth-order valence-electron chi connectivity index (χ4n) is 3.39. The third kappa shape index (κ3) is 22.4. The van der Waals surface area contributed by atoms with Gasteiger partial charge in [-0.1, -0.05) is 132 Å². The van der Waals surface area contributed by atoms with E-state index in [9.17, 15) is 0 Å². The van der Waals surface area contributed by atoms with Crippen molar-refractivity contribution in [2.75, 3.05) is 11.9 Å². The maximum absolute atomic E-state index is 8.72. The predicted molar refractivity (Wildman–Crippen MR) is 113 cm³/mol. The van der Waals surface area contributed by atoms with Gasteiger partial charge in [-0.3, -0.25) is 0 Å². The van der Waals surface area contributed by atoms with Crippen LogP contribution in [0.3, 0.4) is 0 Å². The van der Waals surface area contributed by atoms with Crippen LogP contribution in [0.25, 0.3) is 0 Å². The highest BCUT2D eigenvalue weighted by Crippen LogP contribution is 2.14. The lowest BCUT2D eigenvalue weighted by Crippen LogP contribution is -1.85.